The summed E-state index contributed by atoms with van der Waals surface area (Å²) in [5.41, 5.74) is 0. The van der Waals surface area contributed by atoms with Crippen molar-refractivity contribution in [3.63, 3.8) is 0 Å². The zero-order valence-corrected chi connectivity index (χ0v) is 8.14. The van der Waals surface area contributed by atoms with E-state index < -0.39 is 12.2 Å². The second kappa shape index (κ2) is 3.60. The lowest BCUT2D eigenvalue weighted by atomic mass is 9.91. The number of hydrogen-bond acceptors (Lipinski definition) is 2. The summed E-state index contributed by atoms with van der Waals surface area (Å²) in [5, 5.41) is 22.2. The number of carboxylic acid groups (broad SMARTS) is 2. The minimum absolute atomic E-state index is 0.0133. The Morgan fingerprint density at radius 1 is 0.867 bits per heavy atom. The lowest BCUT2D eigenvalue weighted by Crippen LogP contribution is -2.44. The van der Waals surface area contributed by atoms with Crippen molar-refractivity contribution in [2.75, 3.05) is 0 Å². The zero-order chi connectivity index (χ0) is 11.0. The number of nitrogens with one attached hydrogen (secondary N) is 2. The molecule has 0 aromatic heterocycles. The smallest absolute Gasteiger partial charge is 0.404 e. The van der Waals surface area contributed by atoms with Gasteiger partial charge in [-0.3, -0.25) is 0 Å². The second-order valence-corrected chi connectivity index (χ2v) is 4.34. The van der Waals surface area contributed by atoms with Crippen LogP contribution in [0.25, 0.3) is 0 Å². The normalized spacial score (nSPS) is 37.6. The van der Waals surface area contributed by atoms with Gasteiger partial charge >= 0.3 is 12.2 Å². The van der Waals surface area contributed by atoms with Gasteiger partial charge in [0.2, 0.25) is 0 Å². The molecule has 0 saturated heterocycles. The molecule has 2 aliphatic rings. The molecule has 6 nitrogen and oxygen atoms in total. The molecule has 2 saturated carbocycles. The van der Waals surface area contributed by atoms with Gasteiger partial charge in [-0.05, 0) is 31.1 Å². The van der Waals surface area contributed by atoms with Crippen LogP contribution in [0.3, 0.4) is 0 Å². The van der Waals surface area contributed by atoms with E-state index in [-0.39, 0.29) is 12.1 Å². The Balaban J connectivity index is 1.88. The summed E-state index contributed by atoms with van der Waals surface area (Å²) in [6.45, 7) is 0. The van der Waals surface area contributed by atoms with E-state index in [4.69, 9.17) is 10.2 Å². The van der Waals surface area contributed by atoms with Gasteiger partial charge < -0.3 is 20.8 Å². The van der Waals surface area contributed by atoms with Gasteiger partial charge in [0.1, 0.15) is 0 Å². The fourth-order valence-electron chi connectivity index (χ4n) is 2.95. The number of fused-ring (bicyclic) bond motifs is 2. The molecule has 2 bridgehead atoms. The van der Waals surface area contributed by atoms with Crippen molar-refractivity contribution in [3.05, 3.63) is 0 Å². The Morgan fingerprint density at radius 3 is 1.53 bits per heavy atom. The van der Waals surface area contributed by atoms with Crippen LogP contribution in [-0.2, 0) is 0 Å². The van der Waals surface area contributed by atoms with E-state index >= 15 is 0 Å². The summed E-state index contributed by atoms with van der Waals surface area (Å²) in [7, 11) is 0. The fraction of sp³-hybridized carbons (Fsp3) is 0.778. The van der Waals surface area contributed by atoms with E-state index in [1.54, 1.807) is 0 Å². The first kappa shape index (κ1) is 10.1. The van der Waals surface area contributed by atoms with E-state index in [0.717, 1.165) is 19.3 Å². The van der Waals surface area contributed by atoms with Crippen molar-refractivity contribution in [3.8, 4) is 0 Å². The number of hydrogen-bond donors (Lipinski definition) is 4. The van der Waals surface area contributed by atoms with Crippen LogP contribution in [-0.4, -0.2) is 34.5 Å². The van der Waals surface area contributed by atoms with Gasteiger partial charge in [0.15, 0.2) is 0 Å². The number of carbonyl (C=O) groups is 2. The maximum Gasteiger partial charge on any atom is 0.404 e. The Bertz CT molecular complexity index is 266. The highest BCUT2D eigenvalue weighted by atomic mass is 16.4. The summed E-state index contributed by atoms with van der Waals surface area (Å²) < 4.78 is 0. The topological polar surface area (TPSA) is 98.7 Å². The number of amides is 2. The molecule has 2 aliphatic carbocycles. The Labute approximate surface area is 86.7 Å². The minimum atomic E-state index is -0.990. The highest BCUT2D eigenvalue weighted by Gasteiger charge is 2.46. The molecule has 0 aromatic carbocycles. The van der Waals surface area contributed by atoms with Crippen molar-refractivity contribution in [1.82, 2.24) is 10.6 Å². The molecule has 2 rings (SSSR count). The minimum Gasteiger partial charge on any atom is -0.465 e. The fourth-order valence-corrected chi connectivity index (χ4v) is 2.95. The van der Waals surface area contributed by atoms with E-state index in [1.807, 2.05) is 0 Å². The lowest BCUT2D eigenvalue weighted by molar-refractivity contribution is 0.173. The molecule has 0 aromatic rings. The van der Waals surface area contributed by atoms with Crippen molar-refractivity contribution in [2.45, 2.75) is 31.3 Å². The van der Waals surface area contributed by atoms with Crippen molar-refractivity contribution in [1.29, 1.82) is 0 Å². The second-order valence-electron chi connectivity index (χ2n) is 4.34. The number of rotatable bonds is 2. The molecule has 2 amide bonds. The Hall–Kier alpha value is -1.46. The lowest BCUT2D eigenvalue weighted by Gasteiger charge is -2.27. The van der Waals surface area contributed by atoms with E-state index in [1.165, 1.54) is 0 Å². The van der Waals surface area contributed by atoms with Gasteiger partial charge in [-0.25, -0.2) is 9.59 Å². The summed E-state index contributed by atoms with van der Waals surface area (Å²) in [4.78, 5) is 20.9. The SMILES string of the molecule is O=C(O)N[C@H]1C[C@H]2C[C@@H]1C[C@@H]2NC(=O)O. The van der Waals surface area contributed by atoms with Gasteiger partial charge in [-0.15, -0.1) is 0 Å². The van der Waals surface area contributed by atoms with Crippen molar-refractivity contribution >= 4 is 12.2 Å². The van der Waals surface area contributed by atoms with Gasteiger partial charge in [0.25, 0.3) is 0 Å². The Kier molecular flexibility index (Phi) is 2.42. The van der Waals surface area contributed by atoms with Crippen LogP contribution < -0.4 is 10.6 Å². The third kappa shape index (κ3) is 1.98. The predicted octanol–water partition coefficient (Wildman–Crippen LogP) is 0.689. The van der Waals surface area contributed by atoms with Crippen LogP contribution in [0.1, 0.15) is 19.3 Å². The Morgan fingerprint density at radius 2 is 1.27 bits per heavy atom. The zero-order valence-electron chi connectivity index (χ0n) is 8.14. The van der Waals surface area contributed by atoms with E-state index in [9.17, 15) is 9.59 Å². The summed E-state index contributed by atoms with van der Waals surface area (Å²) in [6.07, 6.45) is 0.449. The van der Waals surface area contributed by atoms with Crippen LogP contribution in [0.5, 0.6) is 0 Å². The van der Waals surface area contributed by atoms with Crippen LogP contribution in [0.4, 0.5) is 9.59 Å². The summed E-state index contributed by atoms with van der Waals surface area (Å²) in [5.74, 6) is 0.589. The molecule has 15 heavy (non-hydrogen) atoms. The van der Waals surface area contributed by atoms with Crippen LogP contribution >= 0.6 is 0 Å². The maximum absolute atomic E-state index is 10.5. The average molecular weight is 214 g/mol. The van der Waals surface area contributed by atoms with Crippen LogP contribution in [0.2, 0.25) is 0 Å². The van der Waals surface area contributed by atoms with Crippen LogP contribution in [0.15, 0.2) is 0 Å². The average Bonchev–Trinajstić information content (AvgIpc) is 2.60. The first-order valence-electron chi connectivity index (χ1n) is 5.05. The van der Waals surface area contributed by atoms with Gasteiger partial charge in [-0.1, -0.05) is 0 Å². The summed E-state index contributed by atoms with van der Waals surface area (Å²) >= 11 is 0. The summed E-state index contributed by atoms with van der Waals surface area (Å²) in [6, 6.07) is 0.0266. The molecule has 0 heterocycles. The molecule has 0 unspecified atom stereocenters. The third-order valence-electron chi connectivity index (χ3n) is 3.47. The molecule has 0 aliphatic heterocycles. The largest absolute Gasteiger partial charge is 0.465 e. The van der Waals surface area contributed by atoms with E-state index in [2.05, 4.69) is 10.6 Å². The highest BCUT2D eigenvalue weighted by molar-refractivity contribution is 5.66. The molecule has 0 spiro atoms. The molecule has 6 heteroatoms. The molecule has 4 atom stereocenters. The predicted molar refractivity (Wildman–Crippen MR) is 50.7 cm³/mol. The molecule has 4 N–H and O–H groups in total. The highest BCUT2D eigenvalue weighted by Crippen LogP contribution is 2.44. The van der Waals surface area contributed by atoms with Crippen LogP contribution in [0, 0.1) is 11.8 Å². The maximum atomic E-state index is 10.5. The first-order chi connectivity index (χ1) is 7.06. The molecule has 0 radical (unpaired) electrons. The first-order valence-corrected chi connectivity index (χ1v) is 5.05. The standard InChI is InChI=1S/C9H14N2O4/c12-8(13)10-6-2-4-1-5(6)3-7(4)11-9(14)15/h4-7,10-11H,1-3H2,(H,12,13)(H,14,15)/t4-,5-,6+,7+/m1/s1. The van der Waals surface area contributed by atoms with E-state index in [0.29, 0.717) is 11.8 Å². The quantitative estimate of drug-likeness (QED) is 0.543. The van der Waals surface area contributed by atoms with Gasteiger partial charge in [-0.2, -0.15) is 0 Å². The van der Waals surface area contributed by atoms with Crippen molar-refractivity contribution in [2.24, 2.45) is 11.8 Å². The van der Waals surface area contributed by atoms with Gasteiger partial charge in [0, 0.05) is 12.1 Å². The van der Waals surface area contributed by atoms with Crippen molar-refractivity contribution < 1.29 is 19.8 Å². The molecule has 84 valence electrons. The van der Waals surface area contributed by atoms with Gasteiger partial charge in [0.05, 0.1) is 0 Å². The third-order valence-corrected chi connectivity index (χ3v) is 3.47. The monoisotopic (exact) mass is 214 g/mol. The molecular formula is C9H14N2O4. The molecular weight excluding hydrogens is 200 g/mol. The molecule has 2 fully saturated rings.